The van der Waals surface area contributed by atoms with Gasteiger partial charge in [0.2, 0.25) is 0 Å². The molecule has 0 spiro atoms. The molecule has 0 radical (unpaired) electrons. The van der Waals surface area contributed by atoms with E-state index in [1.807, 2.05) is 0 Å². The van der Waals surface area contributed by atoms with Gasteiger partial charge in [-0.05, 0) is 43.5 Å². The highest BCUT2D eigenvalue weighted by Crippen LogP contribution is 2.36. The van der Waals surface area contributed by atoms with Crippen molar-refractivity contribution in [3.63, 3.8) is 0 Å². The van der Waals surface area contributed by atoms with Crippen LogP contribution in [0.3, 0.4) is 0 Å². The molecular formula is C13H24Cl3N3. The summed E-state index contributed by atoms with van der Waals surface area (Å²) in [5, 5.41) is 3.57. The van der Waals surface area contributed by atoms with Gasteiger partial charge in [0.05, 0.1) is 0 Å². The topological polar surface area (TPSA) is 64.1 Å². The second kappa shape index (κ2) is 10.7. The summed E-state index contributed by atoms with van der Waals surface area (Å²) in [5.74, 6) is 0. The Balaban J connectivity index is 0. The molecule has 0 amide bonds. The van der Waals surface area contributed by atoms with Gasteiger partial charge < -0.3 is 16.8 Å². The van der Waals surface area contributed by atoms with Crippen molar-refractivity contribution in [1.82, 2.24) is 5.32 Å². The zero-order valence-corrected chi connectivity index (χ0v) is 13.3. The highest BCUT2D eigenvalue weighted by Gasteiger charge is 2.27. The Morgan fingerprint density at radius 2 is 1.68 bits per heavy atom. The second-order valence-electron chi connectivity index (χ2n) is 4.47. The lowest BCUT2D eigenvalue weighted by Crippen LogP contribution is -2.21. The Hall–Kier alpha value is -0.0300. The number of hydrogen-bond donors (Lipinski definition) is 3. The first kappa shape index (κ1) is 21.3. The van der Waals surface area contributed by atoms with E-state index in [0.717, 1.165) is 32.4 Å². The van der Waals surface area contributed by atoms with Gasteiger partial charge in [-0.15, -0.1) is 37.2 Å². The molecule has 0 aliphatic heterocycles. The van der Waals surface area contributed by atoms with Crippen molar-refractivity contribution in [2.75, 3.05) is 13.1 Å². The molecule has 6 heteroatoms. The third-order valence-electron chi connectivity index (χ3n) is 3.28. The van der Waals surface area contributed by atoms with Crippen LogP contribution in [-0.2, 0) is 0 Å². The number of unbranched alkanes of at least 4 members (excludes halogenated alkanes) is 1. The predicted molar refractivity (Wildman–Crippen MR) is 88.8 cm³/mol. The molecule has 0 saturated carbocycles. The van der Waals surface area contributed by atoms with E-state index in [9.17, 15) is 0 Å². The minimum Gasteiger partial charge on any atom is -0.330 e. The number of hydrogen-bond acceptors (Lipinski definition) is 3. The van der Waals surface area contributed by atoms with Crippen LogP contribution in [-0.4, -0.2) is 13.1 Å². The minimum absolute atomic E-state index is 0. The van der Waals surface area contributed by atoms with Crippen molar-refractivity contribution in [1.29, 1.82) is 0 Å². The van der Waals surface area contributed by atoms with E-state index in [-0.39, 0.29) is 43.3 Å². The van der Waals surface area contributed by atoms with Gasteiger partial charge in [0.25, 0.3) is 0 Å². The molecule has 0 heterocycles. The second-order valence-corrected chi connectivity index (χ2v) is 4.47. The first-order valence-electron chi connectivity index (χ1n) is 6.11. The van der Waals surface area contributed by atoms with Crippen molar-refractivity contribution in [2.45, 2.75) is 31.3 Å². The van der Waals surface area contributed by atoms with Crippen molar-refractivity contribution in [3.05, 3.63) is 35.4 Å². The maximum atomic E-state index is 6.11. The normalized spacial score (nSPS) is 19.7. The number of nitrogens with two attached hydrogens (primary N) is 2. The first-order chi connectivity index (χ1) is 7.83. The van der Waals surface area contributed by atoms with Crippen LogP contribution in [0, 0.1) is 0 Å². The average Bonchev–Trinajstić information content (AvgIpc) is 2.63. The van der Waals surface area contributed by atoms with E-state index in [1.54, 1.807) is 0 Å². The molecule has 19 heavy (non-hydrogen) atoms. The lowest BCUT2D eigenvalue weighted by Gasteiger charge is -2.13. The first-order valence-corrected chi connectivity index (χ1v) is 6.11. The monoisotopic (exact) mass is 327 g/mol. The van der Waals surface area contributed by atoms with Gasteiger partial charge in [0, 0.05) is 12.1 Å². The Morgan fingerprint density at radius 3 is 2.32 bits per heavy atom. The Morgan fingerprint density at radius 1 is 1.05 bits per heavy atom. The summed E-state index contributed by atoms with van der Waals surface area (Å²) in [6.07, 6.45) is 3.25. The minimum atomic E-state index is 0. The fourth-order valence-corrected chi connectivity index (χ4v) is 2.41. The van der Waals surface area contributed by atoms with Gasteiger partial charge in [-0.1, -0.05) is 24.3 Å². The van der Waals surface area contributed by atoms with E-state index in [2.05, 4.69) is 29.6 Å². The molecule has 0 unspecified atom stereocenters. The van der Waals surface area contributed by atoms with Crippen LogP contribution in [0.15, 0.2) is 24.3 Å². The third-order valence-corrected chi connectivity index (χ3v) is 3.28. The van der Waals surface area contributed by atoms with Gasteiger partial charge in [0.15, 0.2) is 0 Å². The number of fused-ring (bicyclic) bond motifs is 1. The molecule has 1 aromatic rings. The van der Waals surface area contributed by atoms with E-state index < -0.39 is 0 Å². The van der Waals surface area contributed by atoms with Crippen LogP contribution < -0.4 is 16.8 Å². The zero-order chi connectivity index (χ0) is 11.4. The molecule has 5 N–H and O–H groups in total. The van der Waals surface area contributed by atoms with E-state index in [4.69, 9.17) is 11.5 Å². The molecule has 2 atom stereocenters. The zero-order valence-electron chi connectivity index (χ0n) is 10.9. The molecule has 2 rings (SSSR count). The van der Waals surface area contributed by atoms with E-state index >= 15 is 0 Å². The molecule has 112 valence electrons. The van der Waals surface area contributed by atoms with Crippen molar-refractivity contribution >= 4 is 37.2 Å². The largest absolute Gasteiger partial charge is 0.330 e. The van der Waals surface area contributed by atoms with Gasteiger partial charge in [0.1, 0.15) is 0 Å². The fourth-order valence-electron chi connectivity index (χ4n) is 2.41. The van der Waals surface area contributed by atoms with Crippen molar-refractivity contribution < 1.29 is 0 Å². The number of rotatable bonds is 5. The molecule has 0 fully saturated rings. The highest BCUT2D eigenvalue weighted by molar-refractivity contribution is 5.86. The smallest absolute Gasteiger partial charge is 0.0341 e. The standard InChI is InChI=1S/C13H21N3.3ClH/c14-7-3-4-8-16-13-9-12(15)10-5-1-2-6-11(10)13;;;/h1-2,5-6,12-13,16H,3-4,7-9,14-15H2;3*1H/t12-,13+;;;/m0.../s1. The fraction of sp³-hybridized carbons (Fsp3) is 0.538. The quantitative estimate of drug-likeness (QED) is 0.728. The van der Waals surface area contributed by atoms with Crippen LogP contribution in [0.5, 0.6) is 0 Å². The number of nitrogens with one attached hydrogen (secondary N) is 1. The summed E-state index contributed by atoms with van der Waals surface area (Å²) < 4.78 is 0. The predicted octanol–water partition coefficient (Wildman–Crippen LogP) is 2.73. The summed E-state index contributed by atoms with van der Waals surface area (Å²) in [7, 11) is 0. The molecule has 0 aromatic heterocycles. The Labute approximate surface area is 134 Å². The molecule has 1 aliphatic carbocycles. The summed E-state index contributed by atoms with van der Waals surface area (Å²) >= 11 is 0. The van der Waals surface area contributed by atoms with Crippen molar-refractivity contribution in [2.24, 2.45) is 11.5 Å². The summed E-state index contributed by atoms with van der Waals surface area (Å²) in [6, 6.07) is 9.11. The summed E-state index contributed by atoms with van der Waals surface area (Å²) in [5.41, 5.74) is 14.3. The maximum Gasteiger partial charge on any atom is 0.0341 e. The van der Waals surface area contributed by atoms with Crippen LogP contribution >= 0.6 is 37.2 Å². The molecule has 0 bridgehead atoms. The van der Waals surface area contributed by atoms with Crippen LogP contribution in [0.2, 0.25) is 0 Å². The summed E-state index contributed by atoms with van der Waals surface area (Å²) in [4.78, 5) is 0. The molecule has 3 nitrogen and oxygen atoms in total. The highest BCUT2D eigenvalue weighted by atomic mass is 35.5. The van der Waals surface area contributed by atoms with E-state index in [1.165, 1.54) is 11.1 Å². The SMILES string of the molecule is Cl.Cl.Cl.NCCCCN[C@@H]1C[C@H](N)c2ccccc21. The van der Waals surface area contributed by atoms with Crippen LogP contribution in [0.25, 0.3) is 0 Å². The molecule has 1 aromatic carbocycles. The molecule has 1 aliphatic rings. The average molecular weight is 329 g/mol. The Kier molecular flexibility index (Phi) is 12.0. The lowest BCUT2D eigenvalue weighted by molar-refractivity contribution is 0.488. The van der Waals surface area contributed by atoms with Gasteiger partial charge in [-0.3, -0.25) is 0 Å². The van der Waals surface area contributed by atoms with Gasteiger partial charge >= 0.3 is 0 Å². The Bertz CT molecular complexity index is 350. The third kappa shape index (κ3) is 5.46. The summed E-state index contributed by atoms with van der Waals surface area (Å²) in [6.45, 7) is 1.81. The van der Waals surface area contributed by atoms with Crippen LogP contribution in [0.4, 0.5) is 0 Å². The maximum absolute atomic E-state index is 6.11. The molecule has 0 saturated heterocycles. The number of halogens is 3. The van der Waals surface area contributed by atoms with E-state index in [0.29, 0.717) is 6.04 Å². The van der Waals surface area contributed by atoms with Gasteiger partial charge in [-0.2, -0.15) is 0 Å². The number of benzene rings is 1. The van der Waals surface area contributed by atoms with Gasteiger partial charge in [-0.25, -0.2) is 0 Å². The molecular weight excluding hydrogens is 305 g/mol. The van der Waals surface area contributed by atoms with Crippen molar-refractivity contribution in [3.8, 4) is 0 Å². The lowest BCUT2D eigenvalue weighted by atomic mass is 10.1. The van der Waals surface area contributed by atoms with Crippen LogP contribution in [0.1, 0.15) is 42.5 Å².